The number of hydrogen-bond donors (Lipinski definition) is 0. The smallest absolute Gasteiger partial charge is 0.314 e. The van der Waals surface area contributed by atoms with E-state index in [1.54, 1.807) is 0 Å². The van der Waals surface area contributed by atoms with Crippen molar-refractivity contribution in [1.82, 2.24) is 0 Å². The van der Waals surface area contributed by atoms with Crippen molar-refractivity contribution in [3.63, 3.8) is 0 Å². The molecule has 34 heteroatoms. The molecule has 17 nitrogen and oxygen atoms in total. The highest BCUT2D eigenvalue weighted by Gasteiger charge is 2.54. The molecule has 1 saturated heterocycles. The van der Waals surface area contributed by atoms with E-state index in [-0.39, 0.29) is 0 Å². The van der Waals surface area contributed by atoms with Crippen molar-refractivity contribution < 1.29 is 70.0 Å². The van der Waals surface area contributed by atoms with Crippen molar-refractivity contribution in [3.05, 3.63) is 0 Å². The largest absolute Gasteiger partial charge is 0.416 e. The van der Waals surface area contributed by atoms with E-state index in [2.05, 4.69) is 223 Å². The van der Waals surface area contributed by atoms with Gasteiger partial charge in [0.05, 0.1) is 0 Å². The Balaban J connectivity index is 3.69. The summed E-state index contributed by atoms with van der Waals surface area (Å²) in [5, 5.41) is 0. The summed E-state index contributed by atoms with van der Waals surface area (Å²) in [6.45, 7) is 69.9. The van der Waals surface area contributed by atoms with Gasteiger partial charge in [0.1, 0.15) is 0 Å². The molecule has 0 radical (unpaired) electrons. The average molecular weight is 1260 g/mol. The summed E-state index contributed by atoms with van der Waals surface area (Å²) < 4.78 is 117. The molecule has 1 aliphatic rings. The molecule has 408 valence electrons. The van der Waals surface area contributed by atoms with E-state index in [1.807, 2.05) is 0 Å². The third-order valence-electron chi connectivity index (χ3n) is 8.36. The van der Waals surface area contributed by atoms with Gasteiger partial charge in [0.25, 0.3) is 0 Å². The Kier molecular flexibility index (Phi) is 22.7. The molecular formula is C34H102O17Si17. The third-order valence-corrected chi connectivity index (χ3v) is 75.2. The van der Waals surface area contributed by atoms with E-state index in [0.29, 0.717) is 0 Å². The minimum atomic E-state index is -2.81. The molecule has 0 unspecified atom stereocenters. The zero-order valence-corrected chi connectivity index (χ0v) is 66.4. The molecule has 0 amide bonds. The second kappa shape index (κ2) is 22.4. The highest BCUT2D eigenvalue weighted by Crippen LogP contribution is 2.34. The van der Waals surface area contributed by atoms with Crippen LogP contribution in [-0.2, 0) is 70.0 Å². The molecule has 0 atom stereocenters. The number of hydrogen-bond acceptors (Lipinski definition) is 17. The molecular weight excluding hydrogens is 1160 g/mol. The highest BCUT2D eigenvalue weighted by atomic mass is 28.6. The van der Waals surface area contributed by atoms with E-state index in [4.69, 9.17) is 70.0 Å². The lowest BCUT2D eigenvalue weighted by molar-refractivity contribution is 0.247. The Morgan fingerprint density at radius 3 is 0.147 bits per heavy atom. The lowest BCUT2D eigenvalue weighted by Gasteiger charge is -2.46. The highest BCUT2D eigenvalue weighted by molar-refractivity contribution is 6.96. The van der Waals surface area contributed by atoms with E-state index < -0.39 is 146 Å². The Hall–Kier alpha value is 3.01. The topological polar surface area (TPSA) is 157 Å². The summed E-state index contributed by atoms with van der Waals surface area (Å²) in [5.74, 6) is 0. The maximum atomic E-state index is 6.90. The van der Waals surface area contributed by atoms with Crippen LogP contribution >= 0.6 is 0 Å². The van der Waals surface area contributed by atoms with Gasteiger partial charge >= 0.3 is 146 Å². The molecule has 0 aliphatic carbocycles. The molecule has 0 N–H and O–H groups in total. The van der Waals surface area contributed by atoms with Crippen LogP contribution in [0.4, 0.5) is 0 Å². The fourth-order valence-corrected chi connectivity index (χ4v) is 100. The first-order chi connectivity index (χ1) is 29.0. The monoisotopic (exact) mass is 1260 g/mol. The van der Waals surface area contributed by atoms with Crippen LogP contribution in [0.15, 0.2) is 0 Å². The van der Waals surface area contributed by atoms with Crippen molar-refractivity contribution in [2.24, 2.45) is 0 Å². The molecule has 0 bridgehead atoms. The quantitative estimate of drug-likeness (QED) is 0.211. The molecule has 1 fully saturated rings. The summed E-state index contributed by atoms with van der Waals surface area (Å²) in [6.07, 6.45) is 0. The van der Waals surface area contributed by atoms with E-state index in [0.717, 1.165) is 0 Å². The van der Waals surface area contributed by atoms with E-state index in [9.17, 15) is 0 Å². The fraction of sp³-hybridized carbons (Fsp3) is 1.00. The minimum Gasteiger partial charge on any atom is -0.416 e. The SMILES string of the molecule is C[Si]1(C)O[Si](C)(C)O[Si](C)(C)O[Si](C)(C)O[Si](C)(C)O[Si](C)(C)O[Si](C)(C)O[Si](C)(C)O[Si](C)(C)O[Si](C)(C)O[Si](C)(C)O[Si](C)(C)O[Si](C)(C)O[Si](C)(C)O[Si](C)(C)O[Si](C)(C)O[Si](C)(C)O1. The normalized spacial score (nSPS) is 31.5. The third kappa shape index (κ3) is 28.9. The Bertz CT molecular complexity index is 1120. The van der Waals surface area contributed by atoms with Crippen LogP contribution in [0.2, 0.25) is 223 Å². The van der Waals surface area contributed by atoms with Crippen LogP contribution in [-0.4, -0.2) is 146 Å². The molecule has 0 aromatic heterocycles. The molecule has 68 heavy (non-hydrogen) atoms. The Morgan fingerprint density at radius 2 is 0.118 bits per heavy atom. The summed E-state index contributed by atoms with van der Waals surface area (Å²) in [4.78, 5) is 0. The molecule has 0 aromatic rings. The summed E-state index contributed by atoms with van der Waals surface area (Å²) in [5.41, 5.74) is 0. The van der Waals surface area contributed by atoms with E-state index in [1.165, 1.54) is 0 Å². The summed E-state index contributed by atoms with van der Waals surface area (Å²) in [7, 11) is -47.8. The fourth-order valence-electron chi connectivity index (χ4n) is 10.4. The van der Waals surface area contributed by atoms with Gasteiger partial charge in [0.2, 0.25) is 0 Å². The maximum absolute atomic E-state index is 6.90. The van der Waals surface area contributed by atoms with Crippen molar-refractivity contribution in [1.29, 1.82) is 0 Å². The van der Waals surface area contributed by atoms with Crippen LogP contribution < -0.4 is 0 Å². The van der Waals surface area contributed by atoms with Gasteiger partial charge in [-0.3, -0.25) is 0 Å². The first-order valence-electron chi connectivity index (χ1n) is 23.9. The van der Waals surface area contributed by atoms with Gasteiger partial charge in [0.15, 0.2) is 0 Å². The van der Waals surface area contributed by atoms with Gasteiger partial charge in [-0.1, -0.05) is 0 Å². The summed E-state index contributed by atoms with van der Waals surface area (Å²) >= 11 is 0. The molecule has 0 saturated carbocycles. The van der Waals surface area contributed by atoms with Gasteiger partial charge in [0, 0.05) is 0 Å². The molecule has 1 heterocycles. The van der Waals surface area contributed by atoms with Crippen LogP contribution in [0.5, 0.6) is 0 Å². The average Bonchev–Trinajstić information content (AvgIpc) is 2.78. The Morgan fingerprint density at radius 1 is 0.0882 bits per heavy atom. The first kappa shape index (κ1) is 69.0. The van der Waals surface area contributed by atoms with Gasteiger partial charge in [-0.05, 0) is 223 Å². The second-order valence-corrected chi connectivity index (χ2v) is 87.0. The molecule has 1 aliphatic heterocycles. The Labute approximate surface area is 434 Å². The van der Waals surface area contributed by atoms with Crippen LogP contribution in [0, 0.1) is 0 Å². The van der Waals surface area contributed by atoms with Gasteiger partial charge in [-0.2, -0.15) is 0 Å². The zero-order valence-electron chi connectivity index (χ0n) is 49.4. The number of rotatable bonds is 0. The molecule has 0 aromatic carbocycles. The predicted molar refractivity (Wildman–Crippen MR) is 316 cm³/mol. The second-order valence-electron chi connectivity index (χ2n) is 25.5. The van der Waals surface area contributed by atoms with Crippen molar-refractivity contribution in [2.45, 2.75) is 223 Å². The van der Waals surface area contributed by atoms with Crippen LogP contribution in [0.25, 0.3) is 0 Å². The van der Waals surface area contributed by atoms with Crippen LogP contribution in [0.3, 0.4) is 0 Å². The van der Waals surface area contributed by atoms with Crippen molar-refractivity contribution in [2.75, 3.05) is 0 Å². The summed E-state index contributed by atoms with van der Waals surface area (Å²) in [6, 6.07) is 0. The van der Waals surface area contributed by atoms with E-state index >= 15 is 0 Å². The minimum absolute atomic E-state index is 2.06. The maximum Gasteiger partial charge on any atom is 0.314 e. The molecule has 1 rings (SSSR count). The first-order valence-corrected chi connectivity index (χ1v) is 71.8. The standard InChI is InChI=1S/C34H102O17Si17/c1-52(2)35-53(3,4)37-55(7,8)39-57(11,12)41-59(15,16)43-61(19,20)45-63(23,24)47-65(27,28)49-67(31,32)51-68(33,34)50-66(29,30)48-64(25,26)46-62(21,22)44-60(17,18)42-58(13,14)40-56(9,10)38-54(5,6)36-52/h1-34H3. The van der Waals surface area contributed by atoms with Gasteiger partial charge in [-0.25, -0.2) is 0 Å². The van der Waals surface area contributed by atoms with Crippen molar-refractivity contribution in [3.8, 4) is 0 Å². The molecule has 0 spiro atoms. The van der Waals surface area contributed by atoms with Crippen molar-refractivity contribution >= 4 is 146 Å². The van der Waals surface area contributed by atoms with Gasteiger partial charge in [-0.15, -0.1) is 0 Å². The van der Waals surface area contributed by atoms with Gasteiger partial charge < -0.3 is 70.0 Å². The van der Waals surface area contributed by atoms with Crippen LogP contribution in [0.1, 0.15) is 0 Å². The lowest BCUT2D eigenvalue weighted by atomic mass is 11.9. The zero-order chi connectivity index (χ0) is 54.5. The predicted octanol–water partition coefficient (Wildman–Crippen LogP) is 12.2. The lowest BCUT2D eigenvalue weighted by Crippen LogP contribution is -2.63.